The number of H-pyrrole nitrogens is 2. The Kier molecular flexibility index (Phi) is 8.97. The van der Waals surface area contributed by atoms with Crippen molar-refractivity contribution in [2.75, 3.05) is 0 Å². The zero-order chi connectivity index (χ0) is 20.7. The molecular weight excluding hydrogens is 479 g/mol. The van der Waals surface area contributed by atoms with Crippen molar-refractivity contribution < 1.29 is 0 Å². The summed E-state index contributed by atoms with van der Waals surface area (Å²) in [7, 11) is 0. The lowest BCUT2D eigenvalue weighted by Gasteiger charge is -2.32. The molecule has 2 nitrogen and oxygen atoms in total. The molecule has 0 saturated carbocycles. The Bertz CT molecular complexity index is 972. The van der Waals surface area contributed by atoms with Crippen LogP contribution in [-0.4, -0.2) is 9.97 Å². The largest absolute Gasteiger partial charge is 0.361 e. The van der Waals surface area contributed by atoms with Gasteiger partial charge >= 0.3 is 0 Å². The topological polar surface area (TPSA) is 31.6 Å². The number of hydrogen-bond donors (Lipinski definition) is 2. The van der Waals surface area contributed by atoms with Crippen LogP contribution in [0, 0.1) is 11.3 Å². The number of aromatic amines is 2. The molecule has 158 valence electrons. The number of fused-ring (bicyclic) bond motifs is 2. The molecule has 2 heterocycles. The Balaban J connectivity index is 0.000000158. The fourth-order valence-corrected chi connectivity index (χ4v) is 3.60. The highest BCUT2D eigenvalue weighted by Crippen LogP contribution is 2.37. The maximum absolute atomic E-state index is 3.12. The second-order valence-electron chi connectivity index (χ2n) is 8.13. The molecule has 0 spiro atoms. The van der Waals surface area contributed by atoms with Crippen LogP contribution in [0.4, 0.5) is 0 Å². The van der Waals surface area contributed by atoms with Crippen LogP contribution in [-0.2, 0) is 0 Å². The second kappa shape index (κ2) is 11.2. The molecule has 3 heteroatoms. The molecule has 0 radical (unpaired) electrons. The number of hydrogen-bond acceptors (Lipinski definition) is 0. The standard InChI is InChI=1S/C11H18.2C8H7N.HI/c1-5-10-7-6-8-11(3,4)9(10)2;2*1-2-4-8-7(3-1)5-6-9-8;/h6-9H,5H2,1-4H3;2*1-6,9H;1H. The molecule has 0 fully saturated rings. The van der Waals surface area contributed by atoms with Gasteiger partial charge in [-0.05, 0) is 52.8 Å². The van der Waals surface area contributed by atoms with Crippen molar-refractivity contribution >= 4 is 45.8 Å². The molecule has 2 N–H and O–H groups in total. The molecule has 0 bridgehead atoms. The van der Waals surface area contributed by atoms with Crippen LogP contribution in [0.5, 0.6) is 0 Å². The number of halogens is 1. The predicted molar refractivity (Wildman–Crippen MR) is 142 cm³/mol. The van der Waals surface area contributed by atoms with E-state index >= 15 is 0 Å². The molecule has 30 heavy (non-hydrogen) atoms. The van der Waals surface area contributed by atoms with Gasteiger partial charge in [0.15, 0.2) is 0 Å². The zero-order valence-electron chi connectivity index (χ0n) is 18.4. The van der Waals surface area contributed by atoms with Gasteiger partial charge in [0.2, 0.25) is 0 Å². The van der Waals surface area contributed by atoms with E-state index in [1.165, 1.54) is 28.2 Å². The Morgan fingerprint density at radius 1 is 0.800 bits per heavy atom. The monoisotopic (exact) mass is 512 g/mol. The highest BCUT2D eigenvalue weighted by atomic mass is 127. The summed E-state index contributed by atoms with van der Waals surface area (Å²) in [5.41, 5.74) is 4.35. The number of aromatic nitrogens is 2. The third-order valence-corrected chi connectivity index (χ3v) is 5.84. The van der Waals surface area contributed by atoms with Gasteiger partial charge in [-0.3, -0.25) is 0 Å². The van der Waals surface area contributed by atoms with Gasteiger partial charge in [0.05, 0.1) is 0 Å². The van der Waals surface area contributed by atoms with Crippen LogP contribution in [0.2, 0.25) is 0 Å². The third-order valence-electron chi connectivity index (χ3n) is 5.84. The Labute approximate surface area is 197 Å². The fraction of sp³-hybridized carbons (Fsp3) is 0.259. The zero-order valence-corrected chi connectivity index (χ0v) is 20.7. The van der Waals surface area contributed by atoms with E-state index in [1.54, 1.807) is 5.57 Å². The van der Waals surface area contributed by atoms with E-state index < -0.39 is 0 Å². The van der Waals surface area contributed by atoms with Crippen LogP contribution < -0.4 is 0 Å². The molecule has 2 aromatic heterocycles. The van der Waals surface area contributed by atoms with Gasteiger partial charge in [0.1, 0.15) is 0 Å². The van der Waals surface area contributed by atoms with E-state index in [9.17, 15) is 0 Å². The number of nitrogens with one attached hydrogen (secondary N) is 2. The summed E-state index contributed by atoms with van der Waals surface area (Å²) >= 11 is 0. The van der Waals surface area contributed by atoms with Gasteiger partial charge in [-0.15, -0.1) is 24.0 Å². The van der Waals surface area contributed by atoms with Crippen molar-refractivity contribution in [3.05, 3.63) is 96.9 Å². The molecule has 0 amide bonds. The summed E-state index contributed by atoms with van der Waals surface area (Å²) in [5, 5.41) is 2.55. The summed E-state index contributed by atoms with van der Waals surface area (Å²) in [4.78, 5) is 6.24. The Morgan fingerprint density at radius 2 is 1.30 bits per heavy atom. The molecular formula is C27H33IN2. The van der Waals surface area contributed by atoms with Crippen LogP contribution in [0.1, 0.15) is 34.1 Å². The Hall–Kier alpha value is -2.27. The third kappa shape index (κ3) is 6.11. The molecule has 4 aromatic rings. The van der Waals surface area contributed by atoms with E-state index in [0.29, 0.717) is 11.3 Å². The van der Waals surface area contributed by atoms with Crippen molar-refractivity contribution in [3.8, 4) is 0 Å². The number of para-hydroxylation sites is 2. The quantitative estimate of drug-likeness (QED) is 0.240. The Morgan fingerprint density at radius 3 is 1.73 bits per heavy atom. The molecule has 0 aliphatic heterocycles. The average molecular weight is 512 g/mol. The molecule has 0 saturated heterocycles. The van der Waals surface area contributed by atoms with Gasteiger partial charge in [0.25, 0.3) is 0 Å². The van der Waals surface area contributed by atoms with E-state index in [0.717, 1.165) is 0 Å². The van der Waals surface area contributed by atoms with Gasteiger partial charge in [-0.1, -0.05) is 87.9 Å². The minimum absolute atomic E-state index is 0. The number of allylic oxidation sites excluding steroid dienone is 4. The van der Waals surface area contributed by atoms with Crippen molar-refractivity contribution in [2.45, 2.75) is 34.1 Å². The van der Waals surface area contributed by atoms with E-state index in [-0.39, 0.29) is 24.0 Å². The minimum Gasteiger partial charge on any atom is -0.361 e. The first-order chi connectivity index (χ1) is 14.0. The maximum Gasteiger partial charge on any atom is 0.0453 e. The maximum atomic E-state index is 3.12. The van der Waals surface area contributed by atoms with E-state index in [1.807, 2.05) is 36.7 Å². The van der Waals surface area contributed by atoms with Crippen LogP contribution in [0.3, 0.4) is 0 Å². The summed E-state index contributed by atoms with van der Waals surface area (Å²) in [6, 6.07) is 20.6. The summed E-state index contributed by atoms with van der Waals surface area (Å²) in [6.45, 7) is 9.16. The van der Waals surface area contributed by atoms with E-state index in [4.69, 9.17) is 0 Å². The molecule has 1 atom stereocenters. The summed E-state index contributed by atoms with van der Waals surface area (Å²) in [6.07, 6.45) is 11.8. The summed E-state index contributed by atoms with van der Waals surface area (Å²) < 4.78 is 0. The van der Waals surface area contributed by atoms with Crippen LogP contribution in [0.25, 0.3) is 21.8 Å². The van der Waals surface area contributed by atoms with Crippen molar-refractivity contribution in [3.63, 3.8) is 0 Å². The molecule has 1 aliphatic rings. The lowest BCUT2D eigenvalue weighted by molar-refractivity contribution is 0.341. The molecule has 2 aromatic carbocycles. The van der Waals surface area contributed by atoms with Crippen molar-refractivity contribution in [1.29, 1.82) is 0 Å². The average Bonchev–Trinajstić information content (AvgIpc) is 3.40. The number of rotatable bonds is 1. The lowest BCUT2D eigenvalue weighted by Crippen LogP contribution is -2.22. The molecule has 1 aliphatic carbocycles. The van der Waals surface area contributed by atoms with Gasteiger partial charge in [0, 0.05) is 23.4 Å². The van der Waals surface area contributed by atoms with Gasteiger partial charge < -0.3 is 9.97 Å². The van der Waals surface area contributed by atoms with Gasteiger partial charge in [-0.25, -0.2) is 0 Å². The first kappa shape index (κ1) is 24.0. The molecule has 1 unspecified atom stereocenters. The van der Waals surface area contributed by atoms with Crippen molar-refractivity contribution in [2.24, 2.45) is 11.3 Å². The molecule has 5 rings (SSSR count). The predicted octanol–water partition coefficient (Wildman–Crippen LogP) is 8.51. The summed E-state index contributed by atoms with van der Waals surface area (Å²) in [5.74, 6) is 0.706. The first-order valence-electron chi connectivity index (χ1n) is 10.4. The fourth-order valence-electron chi connectivity index (χ4n) is 3.60. The van der Waals surface area contributed by atoms with Gasteiger partial charge in [-0.2, -0.15) is 0 Å². The van der Waals surface area contributed by atoms with Crippen LogP contribution in [0.15, 0.2) is 96.9 Å². The van der Waals surface area contributed by atoms with Crippen molar-refractivity contribution in [1.82, 2.24) is 9.97 Å². The van der Waals surface area contributed by atoms with Crippen LogP contribution >= 0.6 is 24.0 Å². The van der Waals surface area contributed by atoms with E-state index in [2.05, 4.69) is 92.3 Å². The highest BCUT2D eigenvalue weighted by Gasteiger charge is 2.26. The number of benzene rings is 2. The smallest absolute Gasteiger partial charge is 0.0453 e. The lowest BCUT2D eigenvalue weighted by atomic mass is 9.72. The normalized spacial score (nSPS) is 16.5. The SMILES string of the molecule is CCC1=CC=CC(C)(C)C1C.I.c1ccc2[nH]ccc2c1.c1ccc2[nH]ccc2c1. The second-order valence-corrected chi connectivity index (χ2v) is 8.13. The first-order valence-corrected chi connectivity index (χ1v) is 10.4. The highest BCUT2D eigenvalue weighted by molar-refractivity contribution is 14.0. The minimum atomic E-state index is 0.